The fourth-order valence-electron chi connectivity index (χ4n) is 4.96. The molecule has 1 saturated heterocycles. The maximum atomic E-state index is 4.41. The molecule has 0 radical (unpaired) electrons. The molecule has 4 rings (SSSR count). The van der Waals surface area contributed by atoms with Crippen LogP contribution in [0.1, 0.15) is 48.4 Å². The zero-order chi connectivity index (χ0) is 16.6. The van der Waals surface area contributed by atoms with Crippen molar-refractivity contribution in [2.24, 2.45) is 5.41 Å². The minimum Gasteiger partial charge on any atom is -0.298 e. The summed E-state index contributed by atoms with van der Waals surface area (Å²) in [6.45, 7) is 9.37. The number of hydrogen-bond acceptors (Lipinski definition) is 2. The van der Waals surface area contributed by atoms with Crippen LogP contribution >= 0.6 is 0 Å². The van der Waals surface area contributed by atoms with Crippen LogP contribution in [0.15, 0.2) is 43.1 Å². The van der Waals surface area contributed by atoms with Crippen molar-refractivity contribution >= 4 is 6.20 Å². The molecule has 1 aromatic heterocycles. The Morgan fingerprint density at radius 3 is 2.67 bits per heavy atom. The van der Waals surface area contributed by atoms with E-state index in [1.165, 1.54) is 55.6 Å². The second kappa shape index (κ2) is 6.21. The van der Waals surface area contributed by atoms with Crippen LogP contribution < -0.4 is 0 Å². The van der Waals surface area contributed by atoms with Gasteiger partial charge >= 0.3 is 0 Å². The fraction of sp³-hybridized carbons (Fsp3) is 0.476. The lowest BCUT2D eigenvalue weighted by atomic mass is 9.73. The van der Waals surface area contributed by atoms with Crippen molar-refractivity contribution in [1.82, 2.24) is 14.7 Å². The van der Waals surface area contributed by atoms with E-state index in [0.717, 1.165) is 6.54 Å². The molecule has 0 amide bonds. The van der Waals surface area contributed by atoms with E-state index in [9.17, 15) is 0 Å². The normalized spacial score (nSPS) is 23.1. The van der Waals surface area contributed by atoms with E-state index in [1.807, 2.05) is 10.9 Å². The summed E-state index contributed by atoms with van der Waals surface area (Å²) in [4.78, 5) is 2.65. The van der Waals surface area contributed by atoms with Crippen LogP contribution in [-0.2, 0) is 6.54 Å². The molecule has 1 aliphatic heterocycles. The summed E-state index contributed by atoms with van der Waals surface area (Å²) in [6, 6.07) is 11.2. The Morgan fingerprint density at radius 1 is 1.25 bits per heavy atom. The third-order valence-electron chi connectivity index (χ3n) is 6.23. The molecule has 3 heteroatoms. The zero-order valence-corrected chi connectivity index (χ0v) is 14.6. The molecule has 2 aromatic rings. The molecule has 2 fully saturated rings. The summed E-state index contributed by atoms with van der Waals surface area (Å²) < 4.78 is 1.88. The predicted octanol–water partition coefficient (Wildman–Crippen LogP) is 4.45. The van der Waals surface area contributed by atoms with Gasteiger partial charge in [0.1, 0.15) is 0 Å². The average molecular weight is 321 g/mol. The van der Waals surface area contributed by atoms with Crippen molar-refractivity contribution in [2.45, 2.75) is 45.1 Å². The van der Waals surface area contributed by atoms with Crippen molar-refractivity contribution in [3.05, 3.63) is 59.9 Å². The molecule has 24 heavy (non-hydrogen) atoms. The Labute approximate surface area is 145 Å². The molecule has 1 aromatic carbocycles. The first-order chi connectivity index (χ1) is 11.7. The van der Waals surface area contributed by atoms with Gasteiger partial charge in [0.05, 0.1) is 6.20 Å². The maximum Gasteiger partial charge on any atom is 0.0541 e. The van der Waals surface area contributed by atoms with Gasteiger partial charge in [0, 0.05) is 43.0 Å². The largest absolute Gasteiger partial charge is 0.298 e. The van der Waals surface area contributed by atoms with Crippen molar-refractivity contribution in [3.63, 3.8) is 0 Å². The van der Waals surface area contributed by atoms with Gasteiger partial charge in [-0.2, -0.15) is 5.10 Å². The van der Waals surface area contributed by atoms with E-state index in [2.05, 4.69) is 53.8 Å². The molecule has 1 spiro atoms. The van der Waals surface area contributed by atoms with Crippen LogP contribution in [0.4, 0.5) is 0 Å². The number of aromatic nitrogens is 2. The van der Waals surface area contributed by atoms with E-state index in [4.69, 9.17) is 0 Å². The van der Waals surface area contributed by atoms with Crippen LogP contribution in [0.3, 0.4) is 0 Å². The molecule has 2 aliphatic rings. The highest BCUT2D eigenvalue weighted by Crippen LogP contribution is 2.53. The highest BCUT2D eigenvalue weighted by atomic mass is 15.3. The van der Waals surface area contributed by atoms with E-state index in [0.29, 0.717) is 11.3 Å². The Morgan fingerprint density at radius 2 is 2.00 bits per heavy atom. The standard InChI is InChI=1S/C21H27N3/c1-3-24-17(2)19(13-22-24)14-23-15-20(18-9-5-4-6-10-18)21(16-23)11-7-8-12-21/h3-6,9-10,13,20H,1,7-8,11-12,14-16H2,2H3/t20-/m0/s1. The Kier molecular flexibility index (Phi) is 4.05. The monoisotopic (exact) mass is 321 g/mol. The zero-order valence-electron chi connectivity index (χ0n) is 14.6. The van der Waals surface area contributed by atoms with Crippen molar-refractivity contribution in [2.75, 3.05) is 13.1 Å². The van der Waals surface area contributed by atoms with Gasteiger partial charge in [-0.1, -0.05) is 49.8 Å². The van der Waals surface area contributed by atoms with Gasteiger partial charge in [-0.25, -0.2) is 4.68 Å². The molecule has 1 atom stereocenters. The van der Waals surface area contributed by atoms with Crippen molar-refractivity contribution in [1.29, 1.82) is 0 Å². The Balaban J connectivity index is 1.58. The number of nitrogens with zero attached hydrogens (tertiary/aromatic N) is 3. The quantitative estimate of drug-likeness (QED) is 0.829. The predicted molar refractivity (Wildman–Crippen MR) is 98.7 cm³/mol. The van der Waals surface area contributed by atoms with Crippen LogP contribution in [-0.4, -0.2) is 27.8 Å². The molecular formula is C21H27N3. The third kappa shape index (κ3) is 2.61. The van der Waals surface area contributed by atoms with E-state index in [1.54, 1.807) is 6.20 Å². The van der Waals surface area contributed by atoms with Crippen LogP contribution in [0.5, 0.6) is 0 Å². The molecule has 1 saturated carbocycles. The van der Waals surface area contributed by atoms with Gasteiger partial charge in [-0.15, -0.1) is 0 Å². The van der Waals surface area contributed by atoms with Gasteiger partial charge in [0.2, 0.25) is 0 Å². The van der Waals surface area contributed by atoms with Gasteiger partial charge in [0.25, 0.3) is 0 Å². The third-order valence-corrected chi connectivity index (χ3v) is 6.23. The molecule has 1 aliphatic carbocycles. The van der Waals surface area contributed by atoms with E-state index >= 15 is 0 Å². The lowest BCUT2D eigenvalue weighted by Crippen LogP contribution is -2.26. The molecule has 0 N–H and O–H groups in total. The first kappa shape index (κ1) is 15.6. The summed E-state index contributed by atoms with van der Waals surface area (Å²) in [5, 5.41) is 4.41. The van der Waals surface area contributed by atoms with Crippen LogP contribution in [0, 0.1) is 12.3 Å². The van der Waals surface area contributed by atoms with Gasteiger partial charge in [-0.3, -0.25) is 4.90 Å². The molecule has 126 valence electrons. The smallest absolute Gasteiger partial charge is 0.0541 e. The minimum atomic E-state index is 0.490. The number of rotatable bonds is 4. The SMILES string of the molecule is C=Cn1ncc(CN2C[C@@H](c3ccccc3)C3(CCCC3)C2)c1C. The number of benzene rings is 1. The lowest BCUT2D eigenvalue weighted by Gasteiger charge is -2.30. The first-order valence-electron chi connectivity index (χ1n) is 9.15. The van der Waals surface area contributed by atoms with Crippen LogP contribution in [0.2, 0.25) is 0 Å². The molecule has 2 heterocycles. The summed E-state index contributed by atoms with van der Waals surface area (Å²) in [5.41, 5.74) is 4.56. The Hall–Kier alpha value is -1.87. The number of likely N-dealkylation sites (tertiary alicyclic amines) is 1. The van der Waals surface area contributed by atoms with Gasteiger partial charge in [-0.05, 0) is 30.7 Å². The second-order valence-corrected chi connectivity index (χ2v) is 7.58. The topological polar surface area (TPSA) is 21.1 Å². The van der Waals surface area contributed by atoms with E-state index < -0.39 is 0 Å². The summed E-state index contributed by atoms with van der Waals surface area (Å²) in [6.07, 6.45) is 9.35. The molecular weight excluding hydrogens is 294 g/mol. The summed E-state index contributed by atoms with van der Waals surface area (Å²) >= 11 is 0. The van der Waals surface area contributed by atoms with Crippen LogP contribution in [0.25, 0.3) is 6.20 Å². The molecule has 0 bridgehead atoms. The van der Waals surface area contributed by atoms with Gasteiger partial charge < -0.3 is 0 Å². The lowest BCUT2D eigenvalue weighted by molar-refractivity contribution is 0.247. The first-order valence-corrected chi connectivity index (χ1v) is 9.15. The highest BCUT2D eigenvalue weighted by molar-refractivity contribution is 5.28. The maximum absolute atomic E-state index is 4.41. The average Bonchev–Trinajstić information content (AvgIpc) is 3.31. The summed E-state index contributed by atoms with van der Waals surface area (Å²) in [7, 11) is 0. The molecule has 0 unspecified atom stereocenters. The fourth-order valence-corrected chi connectivity index (χ4v) is 4.96. The number of hydrogen-bond donors (Lipinski definition) is 0. The Bertz CT molecular complexity index is 710. The molecule has 3 nitrogen and oxygen atoms in total. The second-order valence-electron chi connectivity index (χ2n) is 7.58. The van der Waals surface area contributed by atoms with Crippen molar-refractivity contribution in [3.8, 4) is 0 Å². The van der Waals surface area contributed by atoms with Gasteiger partial charge in [0.15, 0.2) is 0 Å². The minimum absolute atomic E-state index is 0.490. The summed E-state index contributed by atoms with van der Waals surface area (Å²) in [5.74, 6) is 0.677. The highest BCUT2D eigenvalue weighted by Gasteiger charge is 2.48. The van der Waals surface area contributed by atoms with E-state index in [-0.39, 0.29) is 0 Å². The van der Waals surface area contributed by atoms with Crippen molar-refractivity contribution < 1.29 is 0 Å².